The van der Waals surface area contributed by atoms with Crippen LogP contribution in [0.5, 0.6) is 0 Å². The maximum Gasteiger partial charge on any atom is 0.134 e. The molecule has 1 aromatic heterocycles. The van der Waals surface area contributed by atoms with Crippen molar-refractivity contribution < 1.29 is 18.7 Å². The van der Waals surface area contributed by atoms with Crippen LogP contribution in [0.2, 0.25) is 0 Å². The van der Waals surface area contributed by atoms with Gasteiger partial charge in [-0.1, -0.05) is 12.1 Å². The Hall–Kier alpha value is -1.69. The van der Waals surface area contributed by atoms with Crippen molar-refractivity contribution in [2.24, 2.45) is 5.41 Å². The predicted molar refractivity (Wildman–Crippen MR) is 90.1 cm³/mol. The van der Waals surface area contributed by atoms with Crippen LogP contribution in [0.1, 0.15) is 24.2 Å². The highest BCUT2D eigenvalue weighted by molar-refractivity contribution is 5.62. The first-order valence-electron chi connectivity index (χ1n) is 8.37. The molecule has 0 saturated carbocycles. The number of aliphatic hydroxyl groups excluding tert-OH is 1. The molecule has 1 aromatic carbocycles. The molecule has 0 bridgehead atoms. The summed E-state index contributed by atoms with van der Waals surface area (Å²) in [5.41, 5.74) is 1.26. The molecule has 2 N–H and O–H groups in total. The number of aliphatic hydroxyl groups is 1. The van der Waals surface area contributed by atoms with Crippen molar-refractivity contribution in [2.45, 2.75) is 26.3 Å². The normalized spacial score (nSPS) is 17.1. The molecule has 0 atom stereocenters. The summed E-state index contributed by atoms with van der Waals surface area (Å²) in [5, 5.41) is 13.1. The van der Waals surface area contributed by atoms with E-state index in [2.05, 4.69) is 5.32 Å². The SMILES string of the molecule is Cc1c(F)cccc1-c1ccc(CNCC2(CO)CCOCC2)o1. The van der Waals surface area contributed by atoms with Gasteiger partial charge in [0.1, 0.15) is 17.3 Å². The minimum atomic E-state index is -0.229. The van der Waals surface area contributed by atoms with Gasteiger partial charge in [-0.3, -0.25) is 0 Å². The Bertz CT molecular complexity index is 677. The number of nitrogens with one attached hydrogen (secondary N) is 1. The zero-order chi connectivity index (χ0) is 17.0. The Morgan fingerprint density at radius 1 is 1.21 bits per heavy atom. The lowest BCUT2D eigenvalue weighted by atomic mass is 9.81. The molecule has 0 aliphatic carbocycles. The maximum absolute atomic E-state index is 13.7. The summed E-state index contributed by atoms with van der Waals surface area (Å²) in [6.45, 7) is 4.62. The first-order valence-corrected chi connectivity index (χ1v) is 8.37. The summed E-state index contributed by atoms with van der Waals surface area (Å²) in [4.78, 5) is 0. The molecule has 2 aromatic rings. The largest absolute Gasteiger partial charge is 0.460 e. The van der Waals surface area contributed by atoms with E-state index in [0.717, 1.165) is 30.7 Å². The molecule has 1 aliphatic heterocycles. The van der Waals surface area contributed by atoms with E-state index >= 15 is 0 Å². The Morgan fingerprint density at radius 3 is 2.75 bits per heavy atom. The lowest BCUT2D eigenvalue weighted by Gasteiger charge is -2.35. The van der Waals surface area contributed by atoms with Crippen molar-refractivity contribution >= 4 is 0 Å². The standard InChI is InChI=1S/C19H24FNO3/c1-14-16(3-2-4-17(14)20)18-6-5-15(24-18)11-21-12-19(13-22)7-9-23-10-8-19/h2-6,21-22H,7-13H2,1H3. The second kappa shape index (κ2) is 7.47. The summed E-state index contributed by atoms with van der Waals surface area (Å²) < 4.78 is 24.9. The van der Waals surface area contributed by atoms with Crippen molar-refractivity contribution in [3.8, 4) is 11.3 Å². The molecule has 0 amide bonds. The van der Waals surface area contributed by atoms with Gasteiger partial charge in [-0.05, 0) is 43.5 Å². The summed E-state index contributed by atoms with van der Waals surface area (Å²) >= 11 is 0. The monoisotopic (exact) mass is 333 g/mol. The molecule has 130 valence electrons. The average molecular weight is 333 g/mol. The number of ether oxygens (including phenoxy) is 1. The lowest BCUT2D eigenvalue weighted by Crippen LogP contribution is -2.41. The van der Waals surface area contributed by atoms with Gasteiger partial charge in [-0.25, -0.2) is 4.39 Å². The van der Waals surface area contributed by atoms with Gasteiger partial charge in [0.05, 0.1) is 13.2 Å². The van der Waals surface area contributed by atoms with Gasteiger partial charge in [0.15, 0.2) is 0 Å². The Balaban J connectivity index is 1.61. The molecule has 2 heterocycles. The minimum Gasteiger partial charge on any atom is -0.460 e. The smallest absolute Gasteiger partial charge is 0.134 e. The van der Waals surface area contributed by atoms with Crippen LogP contribution < -0.4 is 5.32 Å². The van der Waals surface area contributed by atoms with Gasteiger partial charge in [0, 0.05) is 30.7 Å². The minimum absolute atomic E-state index is 0.104. The molecule has 1 fully saturated rings. The number of halogens is 1. The third kappa shape index (κ3) is 3.69. The molecule has 5 heteroatoms. The number of hydrogen-bond donors (Lipinski definition) is 2. The van der Waals surface area contributed by atoms with Crippen LogP contribution in [-0.2, 0) is 11.3 Å². The summed E-state index contributed by atoms with van der Waals surface area (Å²) in [7, 11) is 0. The van der Waals surface area contributed by atoms with E-state index in [-0.39, 0.29) is 17.8 Å². The van der Waals surface area contributed by atoms with Crippen molar-refractivity contribution in [3.05, 3.63) is 47.5 Å². The van der Waals surface area contributed by atoms with Gasteiger partial charge in [0.25, 0.3) is 0 Å². The number of hydrogen-bond acceptors (Lipinski definition) is 4. The van der Waals surface area contributed by atoms with Crippen LogP contribution in [0.25, 0.3) is 11.3 Å². The van der Waals surface area contributed by atoms with Crippen LogP contribution in [0, 0.1) is 18.2 Å². The molecule has 0 spiro atoms. The molecule has 1 aliphatic rings. The van der Waals surface area contributed by atoms with E-state index < -0.39 is 0 Å². The Labute approximate surface area is 141 Å². The maximum atomic E-state index is 13.7. The van der Waals surface area contributed by atoms with Crippen LogP contribution >= 0.6 is 0 Å². The Kier molecular flexibility index (Phi) is 5.33. The second-order valence-corrected chi connectivity index (χ2v) is 6.55. The van der Waals surface area contributed by atoms with Crippen LogP contribution in [0.15, 0.2) is 34.7 Å². The molecule has 1 saturated heterocycles. The molecule has 4 nitrogen and oxygen atoms in total. The van der Waals surface area contributed by atoms with Gasteiger partial charge in [-0.15, -0.1) is 0 Å². The summed E-state index contributed by atoms with van der Waals surface area (Å²) in [6.07, 6.45) is 1.73. The highest BCUT2D eigenvalue weighted by Crippen LogP contribution is 2.30. The first kappa shape index (κ1) is 17.1. The van der Waals surface area contributed by atoms with Crippen molar-refractivity contribution in [1.29, 1.82) is 0 Å². The highest BCUT2D eigenvalue weighted by atomic mass is 19.1. The molecule has 0 unspecified atom stereocenters. The van der Waals surface area contributed by atoms with Crippen molar-refractivity contribution in [2.75, 3.05) is 26.4 Å². The quantitative estimate of drug-likeness (QED) is 0.852. The van der Waals surface area contributed by atoms with Crippen LogP contribution in [-0.4, -0.2) is 31.5 Å². The van der Waals surface area contributed by atoms with Crippen molar-refractivity contribution in [3.63, 3.8) is 0 Å². The summed E-state index contributed by atoms with van der Waals surface area (Å²) in [5.74, 6) is 1.24. The predicted octanol–water partition coefficient (Wildman–Crippen LogP) is 3.27. The van der Waals surface area contributed by atoms with E-state index in [1.54, 1.807) is 13.0 Å². The molecular formula is C19H24FNO3. The molecule has 24 heavy (non-hydrogen) atoms. The fraction of sp³-hybridized carbons (Fsp3) is 0.474. The van der Waals surface area contributed by atoms with E-state index in [0.29, 0.717) is 31.1 Å². The van der Waals surface area contributed by atoms with Crippen molar-refractivity contribution in [1.82, 2.24) is 5.32 Å². The van der Waals surface area contributed by atoms with E-state index in [9.17, 15) is 9.50 Å². The third-order valence-electron chi connectivity index (χ3n) is 4.88. The zero-order valence-corrected chi connectivity index (χ0v) is 14.0. The number of furan rings is 1. The van der Waals surface area contributed by atoms with Crippen LogP contribution in [0.4, 0.5) is 4.39 Å². The van der Waals surface area contributed by atoms with E-state index in [4.69, 9.17) is 9.15 Å². The van der Waals surface area contributed by atoms with Gasteiger partial charge in [-0.2, -0.15) is 0 Å². The first-order chi connectivity index (χ1) is 11.6. The van der Waals surface area contributed by atoms with Gasteiger partial charge < -0.3 is 19.6 Å². The molecule has 0 radical (unpaired) electrons. The molecule has 3 rings (SSSR count). The lowest BCUT2D eigenvalue weighted by molar-refractivity contribution is -0.0155. The highest BCUT2D eigenvalue weighted by Gasteiger charge is 2.31. The number of benzene rings is 1. The number of rotatable bonds is 6. The topological polar surface area (TPSA) is 54.6 Å². The third-order valence-corrected chi connectivity index (χ3v) is 4.88. The Morgan fingerprint density at radius 2 is 2.00 bits per heavy atom. The molecular weight excluding hydrogens is 309 g/mol. The zero-order valence-electron chi connectivity index (χ0n) is 14.0. The fourth-order valence-corrected chi connectivity index (χ4v) is 3.14. The summed E-state index contributed by atoms with van der Waals surface area (Å²) in [6, 6.07) is 8.77. The fourth-order valence-electron chi connectivity index (χ4n) is 3.14. The average Bonchev–Trinajstić information content (AvgIpc) is 3.07. The van der Waals surface area contributed by atoms with E-state index in [1.165, 1.54) is 6.07 Å². The van der Waals surface area contributed by atoms with Gasteiger partial charge in [0.2, 0.25) is 0 Å². The van der Waals surface area contributed by atoms with E-state index in [1.807, 2.05) is 18.2 Å². The second-order valence-electron chi connectivity index (χ2n) is 6.55. The van der Waals surface area contributed by atoms with Crippen LogP contribution in [0.3, 0.4) is 0 Å². The van der Waals surface area contributed by atoms with Gasteiger partial charge >= 0.3 is 0 Å².